The van der Waals surface area contributed by atoms with Crippen molar-refractivity contribution in [3.8, 4) is 11.4 Å². The first-order valence-electron chi connectivity index (χ1n) is 10.1. The fourth-order valence-corrected chi connectivity index (χ4v) is 4.14. The van der Waals surface area contributed by atoms with Gasteiger partial charge in [0.15, 0.2) is 0 Å². The van der Waals surface area contributed by atoms with E-state index in [1.54, 1.807) is 11.6 Å². The lowest BCUT2D eigenvalue weighted by Crippen LogP contribution is -2.36. The van der Waals surface area contributed by atoms with Gasteiger partial charge in [-0.3, -0.25) is 10.0 Å². The molecule has 29 heavy (non-hydrogen) atoms. The molecule has 2 heterocycles. The molecule has 0 unspecified atom stereocenters. The average Bonchev–Trinajstić information content (AvgIpc) is 3.17. The molecule has 0 spiro atoms. The molecule has 1 atom stereocenters. The van der Waals surface area contributed by atoms with Gasteiger partial charge in [-0.1, -0.05) is 37.3 Å². The minimum absolute atomic E-state index is 0.380. The van der Waals surface area contributed by atoms with Crippen molar-refractivity contribution in [1.29, 1.82) is 0 Å². The van der Waals surface area contributed by atoms with E-state index in [1.165, 1.54) is 12.5 Å². The molecule has 0 bridgehead atoms. The van der Waals surface area contributed by atoms with Crippen LogP contribution in [0.25, 0.3) is 28.5 Å². The van der Waals surface area contributed by atoms with Crippen molar-refractivity contribution < 1.29 is 10.0 Å². The lowest BCUT2D eigenvalue weighted by atomic mass is 10.0. The Labute approximate surface area is 170 Å². The number of likely N-dealkylation sites (N-methyl/N-ethyl adjacent to an activating group) is 1. The number of carbonyl (C=O) groups excluding carboxylic acids is 1. The summed E-state index contributed by atoms with van der Waals surface area (Å²) in [6, 6.07) is 16.7. The molecule has 1 aromatic heterocycles. The second-order valence-corrected chi connectivity index (χ2v) is 7.42. The molecule has 1 aliphatic rings. The zero-order chi connectivity index (χ0) is 20.2. The fourth-order valence-electron chi connectivity index (χ4n) is 4.14. The molecular weight excluding hydrogens is 364 g/mol. The van der Waals surface area contributed by atoms with Gasteiger partial charge in [0.05, 0.1) is 11.0 Å². The van der Waals surface area contributed by atoms with Crippen LogP contribution >= 0.6 is 0 Å². The molecule has 1 saturated heterocycles. The van der Waals surface area contributed by atoms with E-state index in [-0.39, 0.29) is 0 Å². The smallest absolute Gasteiger partial charge is 0.267 e. The summed E-state index contributed by atoms with van der Waals surface area (Å²) in [6.07, 6.45) is 5.31. The lowest BCUT2D eigenvalue weighted by Gasteiger charge is -2.33. The maximum atomic E-state index is 11.3. The van der Waals surface area contributed by atoms with Gasteiger partial charge in [-0.25, -0.2) is 10.5 Å². The molecule has 0 saturated carbocycles. The number of nitrogens with zero attached hydrogens (tertiary/aromatic N) is 3. The van der Waals surface area contributed by atoms with E-state index < -0.39 is 5.91 Å². The maximum Gasteiger partial charge on any atom is 0.267 e. The van der Waals surface area contributed by atoms with Crippen LogP contribution in [-0.4, -0.2) is 45.2 Å². The predicted molar refractivity (Wildman–Crippen MR) is 115 cm³/mol. The first-order chi connectivity index (χ1) is 14.2. The van der Waals surface area contributed by atoms with E-state index in [0.29, 0.717) is 6.04 Å². The summed E-state index contributed by atoms with van der Waals surface area (Å²) < 4.78 is 2.39. The number of imidazole rings is 1. The minimum Gasteiger partial charge on any atom is -0.320 e. The zero-order valence-corrected chi connectivity index (χ0v) is 16.6. The first kappa shape index (κ1) is 19.4. The molecule has 1 fully saturated rings. The number of aromatic nitrogens is 2. The Morgan fingerprint density at radius 2 is 2.14 bits per heavy atom. The number of para-hydroxylation sites is 2. The van der Waals surface area contributed by atoms with E-state index in [0.717, 1.165) is 54.0 Å². The monoisotopic (exact) mass is 390 g/mol. The second-order valence-electron chi connectivity index (χ2n) is 7.42. The molecule has 6 nitrogen and oxygen atoms in total. The minimum atomic E-state index is -0.551. The maximum absolute atomic E-state index is 11.3. The Balaban J connectivity index is 1.78. The number of benzene rings is 2. The van der Waals surface area contributed by atoms with E-state index in [2.05, 4.69) is 40.7 Å². The lowest BCUT2D eigenvalue weighted by molar-refractivity contribution is -0.124. The molecular formula is C23H26N4O2. The van der Waals surface area contributed by atoms with Crippen LogP contribution in [0.1, 0.15) is 31.4 Å². The van der Waals surface area contributed by atoms with Gasteiger partial charge in [-0.2, -0.15) is 0 Å². The highest BCUT2D eigenvalue weighted by molar-refractivity contribution is 5.91. The first-order valence-corrected chi connectivity index (χ1v) is 10.1. The molecule has 2 N–H and O–H groups in total. The molecule has 2 aromatic carbocycles. The van der Waals surface area contributed by atoms with E-state index >= 15 is 0 Å². The van der Waals surface area contributed by atoms with Crippen LogP contribution in [0.15, 0.2) is 54.6 Å². The normalized spacial score (nSPS) is 17.8. The van der Waals surface area contributed by atoms with E-state index in [1.807, 2.05) is 24.3 Å². The van der Waals surface area contributed by atoms with Gasteiger partial charge in [0, 0.05) is 24.2 Å². The van der Waals surface area contributed by atoms with Crippen LogP contribution in [0.3, 0.4) is 0 Å². The van der Waals surface area contributed by atoms with Gasteiger partial charge < -0.3 is 9.47 Å². The van der Waals surface area contributed by atoms with Crippen LogP contribution in [0.5, 0.6) is 0 Å². The predicted octanol–water partition coefficient (Wildman–Crippen LogP) is 3.88. The number of amides is 1. The summed E-state index contributed by atoms with van der Waals surface area (Å²) in [7, 11) is 0. The molecule has 1 aliphatic heterocycles. The fraction of sp³-hybridized carbons (Fsp3) is 0.304. The number of nitrogens with one attached hydrogen (secondary N) is 1. The number of fused-ring (bicyclic) bond motifs is 1. The Morgan fingerprint density at radius 3 is 2.97 bits per heavy atom. The quantitative estimate of drug-likeness (QED) is 0.394. The molecule has 4 rings (SSSR count). The van der Waals surface area contributed by atoms with Crippen LogP contribution in [0.2, 0.25) is 0 Å². The summed E-state index contributed by atoms with van der Waals surface area (Å²) in [5.41, 5.74) is 5.66. The highest BCUT2D eigenvalue weighted by Crippen LogP contribution is 2.33. The van der Waals surface area contributed by atoms with Crippen molar-refractivity contribution in [3.05, 3.63) is 60.2 Å². The van der Waals surface area contributed by atoms with Crippen molar-refractivity contribution in [1.82, 2.24) is 19.9 Å². The van der Waals surface area contributed by atoms with Gasteiger partial charge >= 0.3 is 0 Å². The largest absolute Gasteiger partial charge is 0.320 e. The third kappa shape index (κ3) is 4.09. The molecule has 0 aliphatic carbocycles. The van der Waals surface area contributed by atoms with Gasteiger partial charge in [-0.15, -0.1) is 0 Å². The summed E-state index contributed by atoms with van der Waals surface area (Å²) in [6.45, 7) is 5.46. The zero-order valence-electron chi connectivity index (χ0n) is 16.6. The molecule has 150 valence electrons. The molecule has 0 radical (unpaired) electrons. The van der Waals surface area contributed by atoms with Crippen molar-refractivity contribution in [2.75, 3.05) is 19.6 Å². The van der Waals surface area contributed by atoms with Gasteiger partial charge in [0.1, 0.15) is 5.82 Å². The topological polar surface area (TPSA) is 70.4 Å². The third-order valence-corrected chi connectivity index (χ3v) is 5.57. The van der Waals surface area contributed by atoms with Crippen LogP contribution in [-0.2, 0) is 4.79 Å². The van der Waals surface area contributed by atoms with Crippen molar-refractivity contribution in [2.24, 2.45) is 0 Å². The summed E-state index contributed by atoms with van der Waals surface area (Å²) in [5.74, 6) is 0.403. The van der Waals surface area contributed by atoms with Crippen LogP contribution in [0.4, 0.5) is 0 Å². The van der Waals surface area contributed by atoms with Gasteiger partial charge in [0.2, 0.25) is 0 Å². The number of likely N-dealkylation sites (tertiary alicyclic amines) is 1. The number of rotatable bonds is 5. The van der Waals surface area contributed by atoms with E-state index in [4.69, 9.17) is 10.2 Å². The third-order valence-electron chi connectivity index (χ3n) is 5.57. The highest BCUT2D eigenvalue weighted by Gasteiger charge is 2.25. The number of hydroxylamine groups is 1. The molecule has 1 amide bonds. The Morgan fingerprint density at radius 1 is 1.28 bits per heavy atom. The summed E-state index contributed by atoms with van der Waals surface area (Å²) in [4.78, 5) is 18.8. The van der Waals surface area contributed by atoms with E-state index in [9.17, 15) is 4.79 Å². The average molecular weight is 390 g/mol. The Bertz CT molecular complexity index is 1040. The summed E-state index contributed by atoms with van der Waals surface area (Å²) in [5, 5.41) is 8.68. The number of piperidine rings is 1. The number of hydrogen-bond donors (Lipinski definition) is 2. The Hall–Kier alpha value is -2.96. The highest BCUT2D eigenvalue weighted by atomic mass is 16.5. The van der Waals surface area contributed by atoms with Crippen molar-refractivity contribution in [3.63, 3.8) is 0 Å². The van der Waals surface area contributed by atoms with Gasteiger partial charge in [0.25, 0.3) is 5.91 Å². The van der Waals surface area contributed by atoms with Gasteiger partial charge in [-0.05, 0) is 55.8 Å². The SMILES string of the molecule is CCN1CCC[C@@H](n2c(-c3cccc(C=CC(=O)NO)c3)nc3ccccc32)C1. The van der Waals surface area contributed by atoms with Crippen LogP contribution < -0.4 is 5.48 Å². The molecule has 3 aromatic rings. The standard InChI is InChI=1S/C23H26N4O2/c1-2-26-14-6-9-19(16-26)27-21-11-4-3-10-20(21)24-23(27)18-8-5-7-17(15-18)12-13-22(28)25-29/h3-5,7-8,10-13,15,19,29H,2,6,9,14,16H2,1H3,(H,25,28)/t19-/m1/s1. The Kier molecular flexibility index (Phi) is 5.74. The van der Waals surface area contributed by atoms with Crippen LogP contribution in [0, 0.1) is 0 Å². The van der Waals surface area contributed by atoms with Crippen molar-refractivity contribution in [2.45, 2.75) is 25.8 Å². The number of hydrogen-bond acceptors (Lipinski definition) is 4. The summed E-state index contributed by atoms with van der Waals surface area (Å²) >= 11 is 0. The molecule has 6 heteroatoms. The van der Waals surface area contributed by atoms with Crippen molar-refractivity contribution >= 4 is 23.0 Å². The second kappa shape index (κ2) is 8.59. The number of carbonyl (C=O) groups is 1.